The van der Waals surface area contributed by atoms with E-state index in [1.54, 1.807) is 0 Å². The number of aromatic nitrogens is 4. The van der Waals surface area contributed by atoms with E-state index in [0.29, 0.717) is 0 Å². The quantitative estimate of drug-likeness (QED) is 0.170. The molecule has 0 aliphatic heterocycles. The van der Waals surface area contributed by atoms with Crippen LogP contribution in [0.1, 0.15) is 0 Å². The van der Waals surface area contributed by atoms with Crippen LogP contribution in [0.3, 0.4) is 0 Å². The van der Waals surface area contributed by atoms with E-state index in [-0.39, 0.29) is 0 Å². The Morgan fingerprint density at radius 3 is 1.21 bits per heavy atom. The minimum atomic E-state index is 0.848. The highest BCUT2D eigenvalue weighted by Gasteiger charge is 2.18. The van der Waals surface area contributed by atoms with E-state index in [1.165, 1.54) is 54.4 Å². The largest absolute Gasteiger partial charge is 0.309 e. The first kappa shape index (κ1) is 30.9. The summed E-state index contributed by atoms with van der Waals surface area (Å²) >= 11 is 0. The summed E-state index contributed by atoms with van der Waals surface area (Å²) in [6.45, 7) is 0. The molecular weight excluding hydrogens is 681 g/mol. The van der Waals surface area contributed by atoms with E-state index < -0.39 is 0 Å². The van der Waals surface area contributed by atoms with Crippen LogP contribution in [-0.2, 0) is 0 Å². The summed E-state index contributed by atoms with van der Waals surface area (Å²) in [6.07, 6.45) is 1.93. The van der Waals surface area contributed by atoms with Crippen LogP contribution in [0.4, 0.5) is 0 Å². The smallest absolute Gasteiger partial charge is 0.0979 e. The fraction of sp³-hybridized carbons (Fsp3) is 0. The number of para-hydroxylation sites is 4. The van der Waals surface area contributed by atoms with Crippen molar-refractivity contribution in [3.63, 3.8) is 0 Å². The standard InChI is InChI=1S/C52H32N4/c1-3-22-44-38(16-1)39-17-2-4-23-45(39)52-51(44)53-32-46(54-52)34-15-13-14-33(28-34)35-29-36(55-47-24-9-5-18-40(47)41-19-6-10-25-48(41)55)31-37(30-35)56-49-26-11-7-20-42(49)43-21-8-12-27-50(43)56/h1-32H. The molecule has 3 aromatic heterocycles. The molecule has 0 bridgehead atoms. The number of hydrogen-bond donors (Lipinski definition) is 0. The summed E-state index contributed by atoms with van der Waals surface area (Å²) in [5.74, 6) is 0. The Morgan fingerprint density at radius 1 is 0.304 bits per heavy atom. The lowest BCUT2D eigenvalue weighted by atomic mass is 9.98. The van der Waals surface area contributed by atoms with Crippen molar-refractivity contribution in [3.05, 3.63) is 194 Å². The summed E-state index contributed by atoms with van der Waals surface area (Å²) in [6, 6.07) is 67.7. The molecule has 0 radical (unpaired) electrons. The van der Waals surface area contributed by atoms with Gasteiger partial charge in [0.15, 0.2) is 0 Å². The lowest BCUT2D eigenvalue weighted by Gasteiger charge is -2.16. The van der Waals surface area contributed by atoms with Gasteiger partial charge in [-0.2, -0.15) is 0 Å². The SMILES string of the molecule is c1cc(-c2cc(-n3c4ccccc4c4ccccc43)cc(-n3c4ccccc4c4ccccc43)c2)cc(-c2cnc3c4ccccc4c4ccccc4c3n2)c1. The zero-order valence-corrected chi connectivity index (χ0v) is 30.3. The topological polar surface area (TPSA) is 35.6 Å². The van der Waals surface area contributed by atoms with Gasteiger partial charge in [0, 0.05) is 49.3 Å². The minimum absolute atomic E-state index is 0.848. The second-order valence-corrected chi connectivity index (χ2v) is 14.6. The van der Waals surface area contributed by atoms with Crippen LogP contribution in [0, 0.1) is 0 Å². The van der Waals surface area contributed by atoms with Gasteiger partial charge in [-0.3, -0.25) is 4.98 Å². The molecule has 12 rings (SSSR count). The van der Waals surface area contributed by atoms with Gasteiger partial charge in [0.2, 0.25) is 0 Å². The Morgan fingerprint density at radius 2 is 0.714 bits per heavy atom. The predicted octanol–water partition coefficient (Wildman–Crippen LogP) is 13.5. The molecule has 12 aromatic rings. The van der Waals surface area contributed by atoms with Crippen molar-refractivity contribution < 1.29 is 0 Å². The van der Waals surface area contributed by atoms with Crippen LogP contribution in [-0.4, -0.2) is 19.1 Å². The van der Waals surface area contributed by atoms with Gasteiger partial charge in [-0.1, -0.05) is 140 Å². The van der Waals surface area contributed by atoms with E-state index >= 15 is 0 Å². The van der Waals surface area contributed by atoms with Crippen LogP contribution in [0.5, 0.6) is 0 Å². The second-order valence-electron chi connectivity index (χ2n) is 14.6. The monoisotopic (exact) mass is 712 g/mol. The zero-order valence-electron chi connectivity index (χ0n) is 30.3. The van der Waals surface area contributed by atoms with E-state index in [0.717, 1.165) is 55.6 Å². The summed E-state index contributed by atoms with van der Waals surface area (Å²) in [5, 5.41) is 9.58. The van der Waals surface area contributed by atoms with E-state index in [1.807, 2.05) is 6.20 Å². The molecule has 9 aromatic carbocycles. The molecule has 0 N–H and O–H groups in total. The van der Waals surface area contributed by atoms with Crippen molar-refractivity contribution in [2.45, 2.75) is 0 Å². The molecule has 4 nitrogen and oxygen atoms in total. The first-order chi connectivity index (χ1) is 27.8. The van der Waals surface area contributed by atoms with Gasteiger partial charge in [-0.25, -0.2) is 4.98 Å². The van der Waals surface area contributed by atoms with Crippen LogP contribution >= 0.6 is 0 Å². The fourth-order valence-corrected chi connectivity index (χ4v) is 9.04. The molecule has 56 heavy (non-hydrogen) atoms. The van der Waals surface area contributed by atoms with Gasteiger partial charge in [-0.15, -0.1) is 0 Å². The van der Waals surface area contributed by atoms with E-state index in [9.17, 15) is 0 Å². The highest BCUT2D eigenvalue weighted by molar-refractivity contribution is 6.23. The minimum Gasteiger partial charge on any atom is -0.309 e. The summed E-state index contributed by atoms with van der Waals surface area (Å²) < 4.78 is 4.83. The third-order valence-electron chi connectivity index (χ3n) is 11.5. The van der Waals surface area contributed by atoms with E-state index in [4.69, 9.17) is 9.97 Å². The maximum absolute atomic E-state index is 5.34. The third-order valence-corrected chi connectivity index (χ3v) is 11.5. The molecule has 0 fully saturated rings. The number of hydrogen-bond acceptors (Lipinski definition) is 2. The predicted molar refractivity (Wildman–Crippen MR) is 234 cm³/mol. The molecular formula is C52H32N4. The fourth-order valence-electron chi connectivity index (χ4n) is 9.04. The maximum atomic E-state index is 5.34. The van der Waals surface area contributed by atoms with Crippen molar-refractivity contribution in [3.8, 4) is 33.8 Å². The first-order valence-corrected chi connectivity index (χ1v) is 19.1. The van der Waals surface area contributed by atoms with Gasteiger partial charge >= 0.3 is 0 Å². The number of nitrogens with zero attached hydrogens (tertiary/aromatic N) is 4. The highest BCUT2D eigenvalue weighted by Crippen LogP contribution is 2.39. The molecule has 0 spiro atoms. The zero-order chi connectivity index (χ0) is 36.7. The first-order valence-electron chi connectivity index (χ1n) is 19.1. The summed E-state index contributed by atoms with van der Waals surface area (Å²) in [4.78, 5) is 10.4. The van der Waals surface area contributed by atoms with Crippen molar-refractivity contribution >= 4 is 76.2 Å². The normalized spacial score (nSPS) is 11.9. The van der Waals surface area contributed by atoms with Crippen LogP contribution < -0.4 is 0 Å². The number of benzene rings is 9. The second kappa shape index (κ2) is 12.0. The van der Waals surface area contributed by atoms with Gasteiger partial charge in [0.1, 0.15) is 0 Å². The van der Waals surface area contributed by atoms with Crippen molar-refractivity contribution in [1.82, 2.24) is 19.1 Å². The highest BCUT2D eigenvalue weighted by atomic mass is 15.0. The van der Waals surface area contributed by atoms with Crippen molar-refractivity contribution in [2.24, 2.45) is 0 Å². The average molecular weight is 713 g/mol. The van der Waals surface area contributed by atoms with E-state index in [2.05, 4.69) is 197 Å². The number of fused-ring (bicyclic) bond motifs is 12. The summed E-state index contributed by atoms with van der Waals surface area (Å²) in [7, 11) is 0. The maximum Gasteiger partial charge on any atom is 0.0979 e. The van der Waals surface area contributed by atoms with Crippen LogP contribution in [0.2, 0.25) is 0 Å². The molecule has 4 heteroatoms. The van der Waals surface area contributed by atoms with Gasteiger partial charge < -0.3 is 9.13 Å². The van der Waals surface area contributed by atoms with Gasteiger partial charge in [-0.05, 0) is 70.4 Å². The van der Waals surface area contributed by atoms with Crippen molar-refractivity contribution in [1.29, 1.82) is 0 Å². The molecule has 0 saturated heterocycles. The lowest BCUT2D eigenvalue weighted by Crippen LogP contribution is -2.00. The van der Waals surface area contributed by atoms with Crippen molar-refractivity contribution in [2.75, 3.05) is 0 Å². The molecule has 0 amide bonds. The molecule has 0 aliphatic carbocycles. The average Bonchev–Trinajstić information content (AvgIpc) is 3.79. The lowest BCUT2D eigenvalue weighted by molar-refractivity contribution is 1.13. The van der Waals surface area contributed by atoms with Gasteiger partial charge in [0.05, 0.1) is 45.0 Å². The Bertz CT molecular complexity index is 3280. The molecule has 0 aliphatic rings. The van der Waals surface area contributed by atoms with Gasteiger partial charge in [0.25, 0.3) is 0 Å². The van der Waals surface area contributed by atoms with Crippen LogP contribution in [0.25, 0.3) is 110 Å². The molecule has 0 unspecified atom stereocenters. The Hall–Kier alpha value is -7.56. The van der Waals surface area contributed by atoms with Crippen LogP contribution in [0.15, 0.2) is 194 Å². The molecule has 0 saturated carbocycles. The Labute approximate surface area is 322 Å². The summed E-state index contributed by atoms with van der Waals surface area (Å²) in [5.41, 5.74) is 12.9. The molecule has 260 valence electrons. The number of rotatable bonds is 4. The Balaban J connectivity index is 1.11. The molecule has 0 atom stereocenters. The molecule has 3 heterocycles. The Kier molecular flexibility index (Phi) is 6.60. The third kappa shape index (κ3) is 4.53.